The van der Waals surface area contributed by atoms with Crippen LogP contribution in [-0.2, 0) is 16.1 Å². The fourth-order valence-electron chi connectivity index (χ4n) is 3.22. The number of rotatable bonds is 11. The third-order valence-corrected chi connectivity index (χ3v) is 6.03. The van der Waals surface area contributed by atoms with Crippen LogP contribution in [0.4, 0.5) is 0 Å². The highest BCUT2D eigenvalue weighted by atomic mass is 35.5. The number of hydrogen-bond donors (Lipinski definition) is 1. The lowest BCUT2D eigenvalue weighted by Gasteiger charge is -2.31. The molecule has 0 aliphatic rings. The van der Waals surface area contributed by atoms with Crippen LogP contribution in [0.15, 0.2) is 53.4 Å². The van der Waals surface area contributed by atoms with Gasteiger partial charge in [-0.1, -0.05) is 55.3 Å². The summed E-state index contributed by atoms with van der Waals surface area (Å²) in [6.45, 7) is 7.06. The van der Waals surface area contributed by atoms with E-state index in [1.807, 2.05) is 63.2 Å². The molecule has 0 aromatic heterocycles. The third kappa shape index (κ3) is 7.69. The van der Waals surface area contributed by atoms with Crippen molar-refractivity contribution in [3.63, 3.8) is 0 Å². The Kier molecular flexibility index (Phi) is 10.2. The van der Waals surface area contributed by atoms with Gasteiger partial charge in [-0.15, -0.1) is 11.8 Å². The van der Waals surface area contributed by atoms with Crippen LogP contribution in [0, 0.1) is 6.92 Å². The van der Waals surface area contributed by atoms with E-state index in [2.05, 4.69) is 11.4 Å². The molecule has 0 fully saturated rings. The molecule has 0 saturated carbocycles. The normalized spacial score (nSPS) is 11.7. The van der Waals surface area contributed by atoms with Gasteiger partial charge in [0, 0.05) is 35.2 Å². The summed E-state index contributed by atoms with van der Waals surface area (Å²) in [5, 5.41) is 3.65. The fraction of sp³-hybridized carbons (Fsp3) is 0.417. The van der Waals surface area contributed by atoms with Crippen molar-refractivity contribution < 1.29 is 9.59 Å². The van der Waals surface area contributed by atoms with E-state index >= 15 is 0 Å². The first kappa shape index (κ1) is 24.3. The molecule has 1 N–H and O–H groups in total. The maximum absolute atomic E-state index is 13.2. The first-order valence-electron chi connectivity index (χ1n) is 10.5. The zero-order chi connectivity index (χ0) is 21.9. The minimum atomic E-state index is -0.468. The summed E-state index contributed by atoms with van der Waals surface area (Å²) < 4.78 is 0. The molecule has 0 saturated heterocycles. The number of hydrogen-bond acceptors (Lipinski definition) is 3. The summed E-state index contributed by atoms with van der Waals surface area (Å²) in [5.74, 6) is 0.569. The Hall–Kier alpha value is -1.98. The summed E-state index contributed by atoms with van der Waals surface area (Å²) >= 11 is 7.55. The summed E-state index contributed by atoms with van der Waals surface area (Å²) in [4.78, 5) is 28.7. The van der Waals surface area contributed by atoms with Gasteiger partial charge in [0.05, 0.1) is 0 Å². The third-order valence-electron chi connectivity index (χ3n) is 4.77. The number of amides is 2. The van der Waals surface area contributed by atoms with E-state index in [1.165, 1.54) is 0 Å². The molecule has 2 aromatic rings. The van der Waals surface area contributed by atoms with Crippen molar-refractivity contribution in [3.8, 4) is 0 Å². The van der Waals surface area contributed by atoms with Gasteiger partial charge >= 0.3 is 0 Å². The van der Waals surface area contributed by atoms with E-state index in [9.17, 15) is 9.59 Å². The highest BCUT2D eigenvalue weighted by Gasteiger charge is 2.28. The summed E-state index contributed by atoms with van der Waals surface area (Å²) in [6, 6.07) is 15.2. The quantitative estimate of drug-likeness (QED) is 0.466. The maximum atomic E-state index is 13.2. The molecular formula is C24H31ClN2O2S. The van der Waals surface area contributed by atoms with Crippen molar-refractivity contribution in [2.24, 2.45) is 0 Å². The van der Waals surface area contributed by atoms with Gasteiger partial charge in [-0.05, 0) is 49.6 Å². The molecule has 0 bridgehead atoms. The predicted molar refractivity (Wildman–Crippen MR) is 126 cm³/mol. The molecular weight excluding hydrogens is 416 g/mol. The van der Waals surface area contributed by atoms with Gasteiger partial charge in [0.1, 0.15) is 6.04 Å². The molecule has 2 amide bonds. The van der Waals surface area contributed by atoms with Gasteiger partial charge in [0.15, 0.2) is 0 Å². The molecule has 0 aliphatic heterocycles. The van der Waals surface area contributed by atoms with E-state index < -0.39 is 6.04 Å². The molecule has 30 heavy (non-hydrogen) atoms. The molecule has 0 spiro atoms. The highest BCUT2D eigenvalue weighted by molar-refractivity contribution is 7.99. The lowest BCUT2D eigenvalue weighted by molar-refractivity contribution is -0.141. The van der Waals surface area contributed by atoms with Gasteiger partial charge in [0.2, 0.25) is 11.8 Å². The molecule has 2 aromatic carbocycles. The summed E-state index contributed by atoms with van der Waals surface area (Å²) in [6.07, 6.45) is 1.82. The Morgan fingerprint density at radius 3 is 2.50 bits per heavy atom. The van der Waals surface area contributed by atoms with E-state index in [0.717, 1.165) is 22.4 Å². The monoisotopic (exact) mass is 446 g/mol. The smallest absolute Gasteiger partial charge is 0.242 e. The van der Waals surface area contributed by atoms with Crippen molar-refractivity contribution in [2.75, 3.05) is 12.3 Å². The average molecular weight is 447 g/mol. The van der Waals surface area contributed by atoms with Crippen LogP contribution >= 0.6 is 23.4 Å². The molecule has 4 nitrogen and oxygen atoms in total. The Morgan fingerprint density at radius 2 is 1.87 bits per heavy atom. The van der Waals surface area contributed by atoms with Crippen LogP contribution in [0.2, 0.25) is 5.02 Å². The highest BCUT2D eigenvalue weighted by Crippen LogP contribution is 2.22. The second-order valence-corrected chi connectivity index (χ2v) is 8.88. The Morgan fingerprint density at radius 1 is 1.13 bits per heavy atom. The standard InChI is InChI=1S/C24H31ClN2O2S/c1-4-14-26-24(29)22(5-2)27(17-19-8-6-7-18(3)16-19)23(28)13-15-30-21-11-9-20(25)10-12-21/h6-12,16,22H,4-5,13-15,17H2,1-3H3,(H,26,29). The number of nitrogens with zero attached hydrogens (tertiary/aromatic N) is 1. The molecule has 6 heteroatoms. The van der Waals surface area contributed by atoms with Crippen LogP contribution < -0.4 is 5.32 Å². The zero-order valence-electron chi connectivity index (χ0n) is 18.0. The molecule has 0 heterocycles. The molecule has 1 unspecified atom stereocenters. The van der Waals surface area contributed by atoms with Crippen LogP contribution in [-0.4, -0.2) is 35.1 Å². The van der Waals surface area contributed by atoms with Gasteiger partial charge in [0.25, 0.3) is 0 Å². The van der Waals surface area contributed by atoms with E-state index in [0.29, 0.717) is 36.7 Å². The Bertz CT molecular complexity index is 826. The van der Waals surface area contributed by atoms with Crippen molar-refractivity contribution in [1.29, 1.82) is 0 Å². The minimum Gasteiger partial charge on any atom is -0.354 e. The number of nitrogens with one attached hydrogen (secondary N) is 1. The number of carbonyl (C=O) groups excluding carboxylic acids is 2. The largest absolute Gasteiger partial charge is 0.354 e. The predicted octanol–water partition coefficient (Wildman–Crippen LogP) is 5.46. The summed E-state index contributed by atoms with van der Waals surface area (Å²) in [5.41, 5.74) is 2.18. The first-order valence-corrected chi connectivity index (χ1v) is 11.8. The second kappa shape index (κ2) is 12.7. The van der Waals surface area contributed by atoms with Crippen LogP contribution in [0.5, 0.6) is 0 Å². The van der Waals surface area contributed by atoms with Crippen molar-refractivity contribution >= 4 is 35.2 Å². The number of aryl methyl sites for hydroxylation is 1. The number of carbonyl (C=O) groups is 2. The number of thioether (sulfide) groups is 1. The van der Waals surface area contributed by atoms with Crippen LogP contribution in [0.1, 0.15) is 44.2 Å². The van der Waals surface area contributed by atoms with Crippen LogP contribution in [0.25, 0.3) is 0 Å². The second-order valence-electron chi connectivity index (χ2n) is 7.28. The van der Waals surface area contributed by atoms with E-state index in [4.69, 9.17) is 11.6 Å². The van der Waals surface area contributed by atoms with E-state index in [1.54, 1.807) is 16.7 Å². The van der Waals surface area contributed by atoms with Crippen molar-refractivity contribution in [2.45, 2.75) is 57.5 Å². The zero-order valence-corrected chi connectivity index (χ0v) is 19.6. The minimum absolute atomic E-state index is 0.00327. The first-order chi connectivity index (χ1) is 14.4. The van der Waals surface area contributed by atoms with Crippen molar-refractivity contribution in [3.05, 3.63) is 64.7 Å². The maximum Gasteiger partial charge on any atom is 0.242 e. The average Bonchev–Trinajstić information content (AvgIpc) is 2.73. The molecule has 0 radical (unpaired) electrons. The Labute approximate surface area is 189 Å². The van der Waals surface area contributed by atoms with Crippen molar-refractivity contribution in [1.82, 2.24) is 10.2 Å². The summed E-state index contributed by atoms with van der Waals surface area (Å²) in [7, 11) is 0. The lowest BCUT2D eigenvalue weighted by atomic mass is 10.1. The fourth-order valence-corrected chi connectivity index (χ4v) is 4.19. The molecule has 2 rings (SSSR count). The molecule has 0 aliphatic carbocycles. The Balaban J connectivity index is 2.10. The van der Waals surface area contributed by atoms with Gasteiger partial charge in [-0.3, -0.25) is 9.59 Å². The number of benzene rings is 2. The lowest BCUT2D eigenvalue weighted by Crippen LogP contribution is -2.49. The van der Waals surface area contributed by atoms with Gasteiger partial charge < -0.3 is 10.2 Å². The SMILES string of the molecule is CCCNC(=O)C(CC)N(Cc1cccc(C)c1)C(=O)CCSc1ccc(Cl)cc1. The van der Waals surface area contributed by atoms with Gasteiger partial charge in [-0.2, -0.15) is 0 Å². The van der Waals surface area contributed by atoms with Crippen LogP contribution in [0.3, 0.4) is 0 Å². The van der Waals surface area contributed by atoms with E-state index in [-0.39, 0.29) is 11.8 Å². The molecule has 1 atom stereocenters. The topological polar surface area (TPSA) is 49.4 Å². The molecule has 162 valence electrons. The number of halogens is 1. The van der Waals surface area contributed by atoms with Gasteiger partial charge in [-0.25, -0.2) is 0 Å².